The average Bonchev–Trinajstić information content (AvgIpc) is 3.21. The Bertz CT molecular complexity index is 1350. The molecule has 1 aliphatic heterocycles. The largest absolute Gasteiger partial charge is 0.353 e. The van der Waals surface area contributed by atoms with Crippen molar-refractivity contribution in [3.05, 3.63) is 71.0 Å². The van der Waals surface area contributed by atoms with E-state index in [9.17, 15) is 4.79 Å². The minimum Gasteiger partial charge on any atom is -0.353 e. The Kier molecular flexibility index (Phi) is 5.77. The van der Waals surface area contributed by atoms with E-state index in [1.165, 1.54) is 5.56 Å². The third kappa shape index (κ3) is 3.91. The molecule has 2 aromatic carbocycles. The molecule has 0 atom stereocenters. The molecule has 0 spiro atoms. The number of amides is 1. The summed E-state index contributed by atoms with van der Waals surface area (Å²) >= 11 is 0. The highest BCUT2D eigenvalue weighted by Gasteiger charge is 2.28. The van der Waals surface area contributed by atoms with Gasteiger partial charge in [-0.3, -0.25) is 4.79 Å². The Hall–Kier alpha value is -3.74. The third-order valence-electron chi connectivity index (χ3n) is 7.01. The SMILES string of the molecule is Cc1cccc(NC(=O)C2CCN(c3nnc(C)c4c(C)n(-c5ccccc5)nc34)CC2)c1C. The van der Waals surface area contributed by atoms with Crippen molar-refractivity contribution < 1.29 is 4.79 Å². The third-order valence-corrected chi connectivity index (χ3v) is 7.01. The van der Waals surface area contributed by atoms with E-state index < -0.39 is 0 Å². The molecular formula is C27H30N6O. The number of carbonyl (C=O) groups is 1. The first kappa shape index (κ1) is 22.1. The normalized spacial score (nSPS) is 14.5. The first-order chi connectivity index (χ1) is 16.4. The summed E-state index contributed by atoms with van der Waals surface area (Å²) in [7, 11) is 0. The fraction of sp³-hybridized carbons (Fsp3) is 0.333. The van der Waals surface area contributed by atoms with Crippen LogP contribution >= 0.6 is 0 Å². The molecule has 7 nitrogen and oxygen atoms in total. The lowest BCUT2D eigenvalue weighted by Crippen LogP contribution is -2.39. The maximum absolute atomic E-state index is 13.0. The highest BCUT2D eigenvalue weighted by atomic mass is 16.1. The summed E-state index contributed by atoms with van der Waals surface area (Å²) in [5.74, 6) is 0.873. The molecule has 1 amide bonds. The van der Waals surface area contributed by atoms with Crippen LogP contribution in [-0.2, 0) is 4.79 Å². The minimum atomic E-state index is -0.0197. The van der Waals surface area contributed by atoms with E-state index in [2.05, 4.69) is 52.5 Å². The van der Waals surface area contributed by atoms with Crippen LogP contribution in [0, 0.1) is 33.6 Å². The molecule has 0 radical (unpaired) electrons. The number of aryl methyl sites for hydroxylation is 3. The summed E-state index contributed by atoms with van der Waals surface area (Å²) in [6.45, 7) is 9.65. The molecule has 4 aromatic rings. The number of hydrogen-bond donors (Lipinski definition) is 1. The number of nitrogens with one attached hydrogen (secondary N) is 1. The van der Waals surface area contributed by atoms with Crippen molar-refractivity contribution in [2.45, 2.75) is 40.5 Å². The highest BCUT2D eigenvalue weighted by molar-refractivity contribution is 5.94. The zero-order valence-electron chi connectivity index (χ0n) is 20.2. The van der Waals surface area contributed by atoms with Crippen molar-refractivity contribution in [3.63, 3.8) is 0 Å². The number of anilines is 2. The number of aromatic nitrogens is 4. The van der Waals surface area contributed by atoms with Gasteiger partial charge in [0.05, 0.1) is 22.5 Å². The zero-order chi connectivity index (χ0) is 23.8. The first-order valence-corrected chi connectivity index (χ1v) is 11.8. The van der Waals surface area contributed by atoms with E-state index in [-0.39, 0.29) is 11.8 Å². The fourth-order valence-corrected chi connectivity index (χ4v) is 4.82. The Balaban J connectivity index is 1.36. The molecule has 7 heteroatoms. The molecule has 34 heavy (non-hydrogen) atoms. The standard InChI is InChI=1S/C27H30N6O/c1-17-9-8-12-23(18(17)2)28-27(34)21-13-15-32(16-14-21)26-25-24(19(3)29-30-26)20(4)33(31-25)22-10-6-5-7-11-22/h5-12,21H,13-16H2,1-4H3,(H,28,34). The van der Waals surface area contributed by atoms with Gasteiger partial charge in [-0.1, -0.05) is 30.3 Å². The molecule has 1 N–H and O–H groups in total. The number of hydrogen-bond acceptors (Lipinski definition) is 5. The Morgan fingerprint density at radius 1 is 0.941 bits per heavy atom. The van der Waals surface area contributed by atoms with E-state index in [0.717, 1.165) is 71.0 Å². The first-order valence-electron chi connectivity index (χ1n) is 11.8. The topological polar surface area (TPSA) is 75.9 Å². The van der Waals surface area contributed by atoms with Gasteiger partial charge in [0, 0.05) is 24.7 Å². The lowest BCUT2D eigenvalue weighted by atomic mass is 9.95. The van der Waals surface area contributed by atoms with E-state index in [4.69, 9.17) is 5.10 Å². The molecule has 0 bridgehead atoms. The molecule has 3 heterocycles. The van der Waals surface area contributed by atoms with Crippen LogP contribution in [0.3, 0.4) is 0 Å². The molecule has 0 unspecified atom stereocenters. The van der Waals surface area contributed by atoms with Crippen LogP contribution in [0.25, 0.3) is 16.6 Å². The number of fused-ring (bicyclic) bond motifs is 1. The molecule has 0 saturated carbocycles. The maximum Gasteiger partial charge on any atom is 0.227 e. The zero-order valence-corrected chi connectivity index (χ0v) is 20.2. The molecular weight excluding hydrogens is 424 g/mol. The second kappa shape index (κ2) is 8.89. The highest BCUT2D eigenvalue weighted by Crippen LogP contribution is 2.32. The molecule has 1 fully saturated rings. The summed E-state index contributed by atoms with van der Waals surface area (Å²) in [5, 5.41) is 18.1. The van der Waals surface area contributed by atoms with Crippen LogP contribution in [0.5, 0.6) is 0 Å². The van der Waals surface area contributed by atoms with E-state index in [1.807, 2.05) is 48.9 Å². The fourth-order valence-electron chi connectivity index (χ4n) is 4.82. The van der Waals surface area contributed by atoms with Crippen LogP contribution in [-0.4, -0.2) is 39.0 Å². The molecule has 1 aliphatic rings. The van der Waals surface area contributed by atoms with Crippen molar-refractivity contribution >= 4 is 28.3 Å². The van der Waals surface area contributed by atoms with Crippen molar-refractivity contribution in [1.29, 1.82) is 0 Å². The van der Waals surface area contributed by atoms with Gasteiger partial charge in [0.25, 0.3) is 0 Å². The van der Waals surface area contributed by atoms with Crippen molar-refractivity contribution in [2.75, 3.05) is 23.3 Å². The van der Waals surface area contributed by atoms with Gasteiger partial charge >= 0.3 is 0 Å². The van der Waals surface area contributed by atoms with Gasteiger partial charge in [-0.2, -0.15) is 10.2 Å². The number of rotatable bonds is 4. The summed E-state index contributed by atoms with van der Waals surface area (Å²) in [6, 6.07) is 16.1. The summed E-state index contributed by atoms with van der Waals surface area (Å²) in [4.78, 5) is 15.2. The van der Waals surface area contributed by atoms with Gasteiger partial charge in [-0.15, -0.1) is 5.10 Å². The molecule has 1 saturated heterocycles. The number of benzene rings is 2. The van der Waals surface area contributed by atoms with Gasteiger partial charge in [-0.25, -0.2) is 4.68 Å². The van der Waals surface area contributed by atoms with Gasteiger partial charge in [0.15, 0.2) is 5.82 Å². The molecule has 2 aromatic heterocycles. The molecule has 5 rings (SSSR count). The lowest BCUT2D eigenvalue weighted by Gasteiger charge is -2.32. The summed E-state index contributed by atoms with van der Waals surface area (Å²) in [6.07, 6.45) is 1.54. The van der Waals surface area contributed by atoms with Crippen LogP contribution in [0.4, 0.5) is 11.5 Å². The van der Waals surface area contributed by atoms with Crippen LogP contribution in [0.15, 0.2) is 48.5 Å². The Morgan fingerprint density at radius 2 is 1.68 bits per heavy atom. The van der Waals surface area contributed by atoms with Crippen molar-refractivity contribution in [1.82, 2.24) is 20.0 Å². The average molecular weight is 455 g/mol. The smallest absolute Gasteiger partial charge is 0.227 e. The van der Waals surface area contributed by atoms with Crippen LogP contribution < -0.4 is 10.2 Å². The number of carbonyl (C=O) groups excluding carboxylic acids is 1. The van der Waals surface area contributed by atoms with Crippen molar-refractivity contribution in [3.8, 4) is 5.69 Å². The molecule has 0 aliphatic carbocycles. The Labute approximate surface area is 199 Å². The van der Waals surface area contributed by atoms with Crippen LogP contribution in [0.2, 0.25) is 0 Å². The van der Waals surface area contributed by atoms with Crippen LogP contribution in [0.1, 0.15) is 35.4 Å². The van der Waals surface area contributed by atoms with Crippen molar-refractivity contribution in [2.24, 2.45) is 5.92 Å². The monoisotopic (exact) mass is 454 g/mol. The van der Waals surface area contributed by atoms with Gasteiger partial charge < -0.3 is 10.2 Å². The van der Waals surface area contributed by atoms with E-state index >= 15 is 0 Å². The van der Waals surface area contributed by atoms with Gasteiger partial charge in [-0.05, 0) is 69.9 Å². The second-order valence-electron chi connectivity index (χ2n) is 9.16. The second-order valence-corrected chi connectivity index (χ2v) is 9.16. The van der Waals surface area contributed by atoms with Gasteiger partial charge in [0.1, 0.15) is 5.52 Å². The predicted octanol–water partition coefficient (Wildman–Crippen LogP) is 4.90. The quantitative estimate of drug-likeness (QED) is 0.474. The summed E-state index contributed by atoms with van der Waals surface area (Å²) in [5.41, 5.74) is 7.02. The summed E-state index contributed by atoms with van der Waals surface area (Å²) < 4.78 is 1.97. The maximum atomic E-state index is 13.0. The van der Waals surface area contributed by atoms with E-state index in [1.54, 1.807) is 0 Å². The molecule has 174 valence electrons. The number of para-hydroxylation sites is 1. The number of piperidine rings is 1. The lowest BCUT2D eigenvalue weighted by molar-refractivity contribution is -0.120. The Morgan fingerprint density at radius 3 is 2.41 bits per heavy atom. The van der Waals surface area contributed by atoms with Gasteiger partial charge in [0.2, 0.25) is 5.91 Å². The minimum absolute atomic E-state index is 0.0197. The van der Waals surface area contributed by atoms with E-state index in [0.29, 0.717) is 0 Å². The number of nitrogens with zero attached hydrogens (tertiary/aromatic N) is 5. The predicted molar refractivity (Wildman–Crippen MR) is 136 cm³/mol.